The molecule has 2 heterocycles. The number of benzene rings is 1. The maximum absolute atomic E-state index is 13.5. The van der Waals surface area contributed by atoms with Crippen molar-refractivity contribution in [2.75, 3.05) is 26.0 Å². The number of fused-ring (bicyclic) bond motifs is 1. The molecule has 0 aliphatic carbocycles. The summed E-state index contributed by atoms with van der Waals surface area (Å²) >= 11 is 0. The Morgan fingerprint density at radius 1 is 1.06 bits per heavy atom. The van der Waals surface area contributed by atoms with Crippen LogP contribution in [0.3, 0.4) is 0 Å². The third-order valence-corrected chi connectivity index (χ3v) is 4.17. The largest absolute Gasteiger partial charge is 0.388 e. The lowest BCUT2D eigenvalue weighted by Gasteiger charge is -2.08. The summed E-state index contributed by atoms with van der Waals surface area (Å²) in [6.45, 7) is 8.66. The van der Waals surface area contributed by atoms with Gasteiger partial charge >= 0.3 is 0 Å². The zero-order valence-electron chi connectivity index (χ0n) is 20.3. The van der Waals surface area contributed by atoms with Crippen LogP contribution in [0.25, 0.3) is 16.5 Å². The van der Waals surface area contributed by atoms with Crippen molar-refractivity contribution in [2.45, 2.75) is 34.1 Å². The number of aromatic amines is 1. The van der Waals surface area contributed by atoms with Crippen molar-refractivity contribution >= 4 is 34.9 Å². The Morgan fingerprint density at radius 3 is 2.24 bits per heavy atom. The fourth-order valence-electron chi connectivity index (χ4n) is 2.80. The smallest absolute Gasteiger partial charge is 0.211 e. The standard InChI is InChI=1S/C15H16FN3O2.C6H8N2.2C2H6/c1-17-5-4-10(7-18-9-21)15-12-6-11(16)2-3-13(12)19-14(15)8-20;1-7-6-2-4-8-5-3-6;2*1-2/h2-3,6-9,17,19H,4-5H2,1H3,(H,18,21);2-5H,1H3,(H,7,8);2*1-2H3/b10-7+;;;. The third kappa shape index (κ3) is 9.65. The number of carbonyl (C=O) groups is 2. The molecule has 8 heteroatoms. The molecule has 0 atom stereocenters. The first kappa shape index (κ1) is 29.5. The Hall–Kier alpha value is -3.52. The first-order valence-electron chi connectivity index (χ1n) is 11.0. The van der Waals surface area contributed by atoms with E-state index in [0.29, 0.717) is 47.8 Å². The van der Waals surface area contributed by atoms with Gasteiger partial charge in [0.25, 0.3) is 0 Å². The zero-order chi connectivity index (χ0) is 25.1. The Balaban J connectivity index is 0.000000710. The molecule has 1 amide bonds. The number of aromatic nitrogens is 2. The highest BCUT2D eigenvalue weighted by atomic mass is 19.1. The molecule has 0 bridgehead atoms. The molecule has 3 aromatic rings. The van der Waals surface area contributed by atoms with Gasteiger partial charge in [0, 0.05) is 47.8 Å². The quantitative estimate of drug-likeness (QED) is 0.357. The minimum atomic E-state index is -0.378. The van der Waals surface area contributed by atoms with Gasteiger partial charge in [-0.1, -0.05) is 27.7 Å². The normalized spacial score (nSPS) is 9.85. The molecule has 4 N–H and O–H groups in total. The number of hydrogen-bond donors (Lipinski definition) is 4. The summed E-state index contributed by atoms with van der Waals surface area (Å²) < 4.78 is 13.5. The van der Waals surface area contributed by atoms with Crippen molar-refractivity contribution in [3.05, 3.63) is 66.0 Å². The Kier molecular flexibility index (Phi) is 16.2. The average Bonchev–Trinajstić information content (AvgIpc) is 3.25. The minimum Gasteiger partial charge on any atom is -0.388 e. The number of nitrogens with zero attached hydrogens (tertiary/aromatic N) is 1. The van der Waals surface area contributed by atoms with Crippen LogP contribution >= 0.6 is 0 Å². The van der Waals surface area contributed by atoms with E-state index in [9.17, 15) is 14.0 Å². The van der Waals surface area contributed by atoms with Crippen LogP contribution in [0.15, 0.2) is 48.9 Å². The van der Waals surface area contributed by atoms with Crippen molar-refractivity contribution in [3.63, 3.8) is 0 Å². The monoisotopic (exact) mass is 457 g/mol. The van der Waals surface area contributed by atoms with Gasteiger partial charge in [0.2, 0.25) is 6.41 Å². The number of hydrogen-bond acceptors (Lipinski definition) is 5. The molecule has 0 aliphatic heterocycles. The molecule has 0 unspecified atom stereocenters. The number of anilines is 1. The van der Waals surface area contributed by atoms with Gasteiger partial charge in [0.05, 0.1) is 5.69 Å². The highest BCUT2D eigenvalue weighted by Crippen LogP contribution is 2.30. The number of halogens is 1. The number of aldehydes is 1. The van der Waals surface area contributed by atoms with E-state index in [4.69, 9.17) is 0 Å². The van der Waals surface area contributed by atoms with E-state index in [1.165, 1.54) is 18.3 Å². The number of carbonyl (C=O) groups excluding carboxylic acids is 2. The van der Waals surface area contributed by atoms with Crippen molar-refractivity contribution in [3.8, 4) is 0 Å². The second-order valence-electron chi connectivity index (χ2n) is 6.01. The van der Waals surface area contributed by atoms with Gasteiger partial charge in [-0.15, -0.1) is 0 Å². The van der Waals surface area contributed by atoms with Crippen LogP contribution < -0.4 is 16.0 Å². The van der Waals surface area contributed by atoms with Gasteiger partial charge in [0.1, 0.15) is 5.82 Å². The average molecular weight is 458 g/mol. The summed E-state index contributed by atoms with van der Waals surface area (Å²) in [5.41, 5.74) is 3.50. The first-order chi connectivity index (χ1) is 16.1. The molecule has 0 aliphatic rings. The molecule has 1 aromatic carbocycles. The summed E-state index contributed by atoms with van der Waals surface area (Å²) in [6, 6.07) is 8.13. The maximum Gasteiger partial charge on any atom is 0.211 e. The van der Waals surface area contributed by atoms with E-state index >= 15 is 0 Å². The maximum atomic E-state index is 13.5. The molecule has 180 valence electrons. The molecular weight excluding hydrogens is 421 g/mol. The van der Waals surface area contributed by atoms with Crippen LogP contribution in [0.1, 0.15) is 50.2 Å². The second kappa shape index (κ2) is 18.1. The lowest BCUT2D eigenvalue weighted by Crippen LogP contribution is -2.10. The molecule has 3 rings (SSSR count). The van der Waals surface area contributed by atoms with E-state index in [1.54, 1.807) is 25.5 Å². The van der Waals surface area contributed by atoms with E-state index in [-0.39, 0.29) is 5.82 Å². The number of amides is 1. The van der Waals surface area contributed by atoms with Gasteiger partial charge < -0.3 is 20.9 Å². The van der Waals surface area contributed by atoms with Crippen LogP contribution in [0.5, 0.6) is 0 Å². The predicted octanol–water partition coefficient (Wildman–Crippen LogP) is 4.99. The number of pyridine rings is 1. The topological polar surface area (TPSA) is 98.9 Å². The zero-order valence-corrected chi connectivity index (χ0v) is 20.3. The van der Waals surface area contributed by atoms with Crippen LogP contribution in [0.2, 0.25) is 0 Å². The molecule has 7 nitrogen and oxygen atoms in total. The molecule has 0 saturated heterocycles. The third-order valence-electron chi connectivity index (χ3n) is 4.17. The van der Waals surface area contributed by atoms with E-state index in [2.05, 4.69) is 25.9 Å². The van der Waals surface area contributed by atoms with Crippen LogP contribution in [0, 0.1) is 5.82 Å². The van der Waals surface area contributed by atoms with Crippen LogP contribution in [-0.4, -0.2) is 43.3 Å². The number of nitrogens with one attached hydrogen (secondary N) is 4. The predicted molar refractivity (Wildman–Crippen MR) is 136 cm³/mol. The van der Waals surface area contributed by atoms with Crippen molar-refractivity contribution in [1.29, 1.82) is 0 Å². The Morgan fingerprint density at radius 2 is 1.73 bits per heavy atom. The SMILES string of the molecule is CC.CC.CNCC/C(=C\NC=O)c1c(C=O)[nH]c2ccc(F)cc12.CNc1ccncc1. The molecule has 0 spiro atoms. The van der Waals surface area contributed by atoms with E-state index < -0.39 is 0 Å². The summed E-state index contributed by atoms with van der Waals surface area (Å²) in [7, 11) is 3.69. The Bertz CT molecular complexity index is 972. The van der Waals surface area contributed by atoms with Gasteiger partial charge in [-0.05, 0) is 55.9 Å². The summed E-state index contributed by atoms with van der Waals surface area (Å²) in [4.78, 5) is 28.6. The van der Waals surface area contributed by atoms with Crippen LogP contribution in [0.4, 0.5) is 10.1 Å². The first-order valence-corrected chi connectivity index (χ1v) is 11.0. The van der Waals surface area contributed by atoms with Gasteiger partial charge in [0.15, 0.2) is 6.29 Å². The molecule has 33 heavy (non-hydrogen) atoms. The molecule has 0 fully saturated rings. The van der Waals surface area contributed by atoms with Gasteiger partial charge in [-0.3, -0.25) is 14.6 Å². The highest BCUT2D eigenvalue weighted by Gasteiger charge is 2.15. The van der Waals surface area contributed by atoms with E-state index in [0.717, 1.165) is 11.3 Å². The van der Waals surface area contributed by atoms with Gasteiger partial charge in [-0.25, -0.2) is 4.39 Å². The minimum absolute atomic E-state index is 0.366. The Labute approximate surface area is 195 Å². The fourth-order valence-corrected chi connectivity index (χ4v) is 2.80. The van der Waals surface area contributed by atoms with Crippen molar-refractivity contribution in [2.24, 2.45) is 0 Å². The molecule has 2 aromatic heterocycles. The summed E-state index contributed by atoms with van der Waals surface area (Å²) in [5, 5.41) is 9.09. The lowest BCUT2D eigenvalue weighted by molar-refractivity contribution is -0.108. The van der Waals surface area contributed by atoms with Gasteiger partial charge in [-0.2, -0.15) is 0 Å². The fraction of sp³-hybridized carbons (Fsp3) is 0.320. The summed E-state index contributed by atoms with van der Waals surface area (Å²) in [6.07, 6.45) is 6.88. The van der Waals surface area contributed by atoms with Crippen molar-refractivity contribution < 1.29 is 14.0 Å². The molecule has 0 saturated carbocycles. The number of rotatable bonds is 8. The second-order valence-corrected chi connectivity index (χ2v) is 6.01. The molecular formula is C25H36FN5O2. The lowest BCUT2D eigenvalue weighted by atomic mass is 10.00. The van der Waals surface area contributed by atoms with E-state index in [1.807, 2.05) is 46.9 Å². The molecule has 0 radical (unpaired) electrons. The van der Waals surface area contributed by atoms with Crippen molar-refractivity contribution in [1.82, 2.24) is 20.6 Å². The van der Waals surface area contributed by atoms with Crippen LogP contribution in [-0.2, 0) is 4.79 Å². The number of H-pyrrole nitrogens is 1. The highest BCUT2D eigenvalue weighted by molar-refractivity contribution is 6.00. The summed E-state index contributed by atoms with van der Waals surface area (Å²) in [5.74, 6) is -0.378.